The molecule has 2 aliphatic heterocycles. The van der Waals surface area contributed by atoms with Gasteiger partial charge in [-0.15, -0.1) is 0 Å². The van der Waals surface area contributed by atoms with Gasteiger partial charge in [0.05, 0.1) is 6.04 Å². The monoisotopic (exact) mass is 228 g/mol. The van der Waals surface area contributed by atoms with Gasteiger partial charge in [0, 0.05) is 23.6 Å². The standard InChI is InChI=1S/C11H20N2OS/c1-11(2)8-13(6-7-15-11)10(14)9-4-3-5-12-9/h9,12H,3-8H2,1-2H3. The molecule has 1 amide bonds. The molecule has 2 heterocycles. The lowest BCUT2D eigenvalue weighted by atomic mass is 10.1. The summed E-state index contributed by atoms with van der Waals surface area (Å²) in [6.07, 6.45) is 2.16. The molecule has 4 heteroatoms. The van der Waals surface area contributed by atoms with Crippen LogP contribution in [0.3, 0.4) is 0 Å². The second kappa shape index (κ2) is 4.34. The topological polar surface area (TPSA) is 32.3 Å². The van der Waals surface area contributed by atoms with Crippen LogP contribution in [0.25, 0.3) is 0 Å². The first-order valence-electron chi connectivity index (χ1n) is 5.75. The Labute approximate surface area is 96.0 Å². The Kier molecular flexibility index (Phi) is 3.26. The van der Waals surface area contributed by atoms with Crippen molar-refractivity contribution >= 4 is 17.7 Å². The van der Waals surface area contributed by atoms with Crippen molar-refractivity contribution in [1.82, 2.24) is 10.2 Å². The van der Waals surface area contributed by atoms with E-state index < -0.39 is 0 Å². The van der Waals surface area contributed by atoms with Crippen molar-refractivity contribution in [3.05, 3.63) is 0 Å². The third-order valence-corrected chi connectivity index (χ3v) is 4.39. The number of amides is 1. The average Bonchev–Trinajstić information content (AvgIpc) is 2.67. The van der Waals surface area contributed by atoms with Crippen molar-refractivity contribution in [2.75, 3.05) is 25.4 Å². The molecule has 1 unspecified atom stereocenters. The first-order chi connectivity index (χ1) is 7.08. The summed E-state index contributed by atoms with van der Waals surface area (Å²) in [6.45, 7) is 7.26. The Balaban J connectivity index is 1.94. The van der Waals surface area contributed by atoms with Gasteiger partial charge in [-0.2, -0.15) is 11.8 Å². The minimum atomic E-state index is 0.101. The summed E-state index contributed by atoms with van der Waals surface area (Å²) in [7, 11) is 0. The van der Waals surface area contributed by atoms with Gasteiger partial charge in [-0.3, -0.25) is 4.79 Å². The van der Waals surface area contributed by atoms with Crippen LogP contribution in [-0.2, 0) is 4.79 Å². The van der Waals surface area contributed by atoms with E-state index in [0.29, 0.717) is 5.91 Å². The molecule has 86 valence electrons. The highest BCUT2D eigenvalue weighted by Crippen LogP contribution is 2.30. The van der Waals surface area contributed by atoms with Gasteiger partial charge in [0.2, 0.25) is 5.91 Å². The molecule has 3 nitrogen and oxygen atoms in total. The van der Waals surface area contributed by atoms with Gasteiger partial charge in [-0.25, -0.2) is 0 Å². The number of carbonyl (C=O) groups excluding carboxylic acids is 1. The van der Waals surface area contributed by atoms with Crippen LogP contribution in [-0.4, -0.2) is 47.0 Å². The molecule has 0 spiro atoms. The van der Waals surface area contributed by atoms with E-state index in [2.05, 4.69) is 19.2 Å². The zero-order valence-electron chi connectivity index (χ0n) is 9.58. The van der Waals surface area contributed by atoms with Crippen LogP contribution in [0.1, 0.15) is 26.7 Å². The van der Waals surface area contributed by atoms with E-state index in [0.717, 1.165) is 38.2 Å². The maximum absolute atomic E-state index is 12.1. The summed E-state index contributed by atoms with van der Waals surface area (Å²) in [6, 6.07) is 0.101. The molecule has 0 aromatic carbocycles. The van der Waals surface area contributed by atoms with Crippen molar-refractivity contribution in [2.45, 2.75) is 37.5 Å². The van der Waals surface area contributed by atoms with E-state index in [1.54, 1.807) is 0 Å². The van der Waals surface area contributed by atoms with Gasteiger partial charge < -0.3 is 10.2 Å². The van der Waals surface area contributed by atoms with Crippen LogP contribution in [0.4, 0.5) is 0 Å². The number of hydrogen-bond acceptors (Lipinski definition) is 3. The van der Waals surface area contributed by atoms with E-state index >= 15 is 0 Å². The van der Waals surface area contributed by atoms with E-state index in [1.807, 2.05) is 16.7 Å². The number of nitrogens with one attached hydrogen (secondary N) is 1. The van der Waals surface area contributed by atoms with Crippen molar-refractivity contribution in [3.8, 4) is 0 Å². The highest BCUT2D eigenvalue weighted by molar-refractivity contribution is 8.00. The zero-order chi connectivity index (χ0) is 10.9. The SMILES string of the molecule is CC1(C)CN(C(=O)C2CCCN2)CCS1. The lowest BCUT2D eigenvalue weighted by Crippen LogP contribution is -2.51. The van der Waals surface area contributed by atoms with Gasteiger partial charge in [-0.05, 0) is 33.2 Å². The minimum Gasteiger partial charge on any atom is -0.339 e. The van der Waals surface area contributed by atoms with Crippen LogP contribution < -0.4 is 5.32 Å². The lowest BCUT2D eigenvalue weighted by molar-refractivity contribution is -0.133. The Bertz CT molecular complexity index is 249. The molecule has 0 saturated carbocycles. The predicted octanol–water partition coefficient (Wildman–Crippen LogP) is 1.09. The first-order valence-corrected chi connectivity index (χ1v) is 6.73. The fourth-order valence-electron chi connectivity index (χ4n) is 2.32. The molecule has 15 heavy (non-hydrogen) atoms. The van der Waals surface area contributed by atoms with Gasteiger partial charge in [0.15, 0.2) is 0 Å². The van der Waals surface area contributed by atoms with E-state index in [9.17, 15) is 4.79 Å². The molecule has 0 aliphatic carbocycles. The largest absolute Gasteiger partial charge is 0.339 e. The molecule has 2 fully saturated rings. The average molecular weight is 228 g/mol. The number of rotatable bonds is 1. The molecule has 0 bridgehead atoms. The Morgan fingerprint density at radius 2 is 2.33 bits per heavy atom. The van der Waals surface area contributed by atoms with Crippen LogP contribution in [0.5, 0.6) is 0 Å². The van der Waals surface area contributed by atoms with Crippen molar-refractivity contribution in [3.63, 3.8) is 0 Å². The molecule has 0 aromatic rings. The second-order valence-electron chi connectivity index (χ2n) is 5.02. The maximum Gasteiger partial charge on any atom is 0.239 e. The third-order valence-electron chi connectivity index (χ3n) is 3.10. The van der Waals surface area contributed by atoms with Crippen molar-refractivity contribution in [2.24, 2.45) is 0 Å². The predicted molar refractivity (Wildman–Crippen MR) is 64.1 cm³/mol. The molecule has 0 aromatic heterocycles. The van der Waals surface area contributed by atoms with E-state index in [1.165, 1.54) is 0 Å². The zero-order valence-corrected chi connectivity index (χ0v) is 10.4. The first kappa shape index (κ1) is 11.3. The molecule has 2 rings (SSSR count). The molecule has 1 N–H and O–H groups in total. The lowest BCUT2D eigenvalue weighted by Gasteiger charge is -2.38. The Hall–Kier alpha value is -0.220. The molecule has 2 saturated heterocycles. The molecular weight excluding hydrogens is 208 g/mol. The van der Waals surface area contributed by atoms with Gasteiger partial charge in [0.25, 0.3) is 0 Å². The van der Waals surface area contributed by atoms with Crippen LogP contribution in [0.15, 0.2) is 0 Å². The van der Waals surface area contributed by atoms with Crippen LogP contribution >= 0.6 is 11.8 Å². The highest BCUT2D eigenvalue weighted by Gasteiger charge is 2.33. The summed E-state index contributed by atoms with van der Waals surface area (Å²) >= 11 is 1.97. The summed E-state index contributed by atoms with van der Waals surface area (Å²) in [4.78, 5) is 14.2. The van der Waals surface area contributed by atoms with Gasteiger partial charge in [-0.1, -0.05) is 0 Å². The fraction of sp³-hybridized carbons (Fsp3) is 0.909. The molecule has 2 aliphatic rings. The van der Waals surface area contributed by atoms with Crippen LogP contribution in [0, 0.1) is 0 Å². The highest BCUT2D eigenvalue weighted by atomic mass is 32.2. The quantitative estimate of drug-likeness (QED) is 0.729. The second-order valence-corrected chi connectivity index (χ2v) is 6.82. The summed E-state index contributed by atoms with van der Waals surface area (Å²) < 4.78 is 0.229. The summed E-state index contributed by atoms with van der Waals surface area (Å²) in [5.74, 6) is 1.40. The summed E-state index contributed by atoms with van der Waals surface area (Å²) in [5.41, 5.74) is 0. The molecule has 0 radical (unpaired) electrons. The number of thioether (sulfide) groups is 1. The Morgan fingerprint density at radius 1 is 1.53 bits per heavy atom. The minimum absolute atomic E-state index is 0.101. The van der Waals surface area contributed by atoms with E-state index in [4.69, 9.17) is 0 Å². The number of nitrogens with zero attached hydrogens (tertiary/aromatic N) is 1. The van der Waals surface area contributed by atoms with Gasteiger partial charge >= 0.3 is 0 Å². The fourth-order valence-corrected chi connectivity index (χ4v) is 3.43. The molecule has 1 atom stereocenters. The van der Waals surface area contributed by atoms with Crippen LogP contribution in [0.2, 0.25) is 0 Å². The molecular formula is C11H20N2OS. The normalized spacial score (nSPS) is 30.5. The third kappa shape index (κ3) is 2.67. The smallest absolute Gasteiger partial charge is 0.239 e. The Morgan fingerprint density at radius 3 is 2.93 bits per heavy atom. The van der Waals surface area contributed by atoms with Crippen molar-refractivity contribution < 1.29 is 4.79 Å². The number of carbonyl (C=O) groups is 1. The van der Waals surface area contributed by atoms with Gasteiger partial charge in [0.1, 0.15) is 0 Å². The maximum atomic E-state index is 12.1. The van der Waals surface area contributed by atoms with E-state index in [-0.39, 0.29) is 10.8 Å². The van der Waals surface area contributed by atoms with Crippen molar-refractivity contribution in [1.29, 1.82) is 0 Å². The number of hydrogen-bond donors (Lipinski definition) is 1. The summed E-state index contributed by atoms with van der Waals surface area (Å²) in [5, 5.41) is 3.28.